The minimum absolute atomic E-state index is 0.0217. The van der Waals surface area contributed by atoms with Gasteiger partial charge in [0, 0.05) is 27.0 Å². The molecule has 42 heavy (non-hydrogen) atoms. The monoisotopic (exact) mass is 658 g/mol. The first-order valence-corrected chi connectivity index (χ1v) is 15.9. The van der Waals surface area contributed by atoms with E-state index in [0.717, 1.165) is 9.78 Å². The zero-order valence-corrected chi connectivity index (χ0v) is 25.1. The Kier molecular flexibility index (Phi) is 8.31. The summed E-state index contributed by atoms with van der Waals surface area (Å²) in [4.78, 5) is 19.0. The van der Waals surface area contributed by atoms with E-state index in [4.69, 9.17) is 27.7 Å². The highest BCUT2D eigenvalue weighted by Gasteiger charge is 2.52. The molecular formula is C27H23Cl2F3N4O4S2. The number of aromatic nitrogens is 2. The fraction of sp³-hybridized carbons (Fsp3) is 0.296. The van der Waals surface area contributed by atoms with Crippen molar-refractivity contribution in [1.29, 1.82) is 0 Å². The maximum absolute atomic E-state index is 13.4. The smallest absolute Gasteiger partial charge is 0.353 e. The summed E-state index contributed by atoms with van der Waals surface area (Å²) in [7, 11) is -3.54. The Hall–Kier alpha value is -3.13. The highest BCUT2D eigenvalue weighted by atomic mass is 35.5. The molecule has 5 rings (SSSR count). The van der Waals surface area contributed by atoms with Gasteiger partial charge < -0.3 is 14.7 Å². The summed E-state index contributed by atoms with van der Waals surface area (Å²) in [5.74, 6) is -0.0964. The molecule has 0 saturated heterocycles. The normalized spacial score (nSPS) is 14.5. The molecule has 0 bridgehead atoms. The molecule has 2 heterocycles. The number of hydrogen-bond acceptors (Lipinski definition) is 8. The van der Waals surface area contributed by atoms with Crippen LogP contribution >= 0.6 is 34.5 Å². The van der Waals surface area contributed by atoms with Crippen molar-refractivity contribution in [3.05, 3.63) is 75.3 Å². The molecular weight excluding hydrogens is 636 g/mol. The first-order valence-electron chi connectivity index (χ1n) is 12.6. The molecule has 1 amide bonds. The lowest BCUT2D eigenvalue weighted by atomic mass is 9.94. The molecule has 1 fully saturated rings. The average molecular weight is 660 g/mol. The van der Waals surface area contributed by atoms with E-state index in [1.807, 2.05) is 17.5 Å². The van der Waals surface area contributed by atoms with Crippen LogP contribution in [0.25, 0.3) is 10.8 Å². The molecule has 4 aromatic rings. The molecule has 0 radical (unpaired) electrons. The van der Waals surface area contributed by atoms with Crippen LogP contribution in [0.1, 0.15) is 31.2 Å². The number of sulfone groups is 1. The zero-order valence-electron chi connectivity index (χ0n) is 21.9. The largest absolute Gasteiger partial charge is 0.405 e. The van der Waals surface area contributed by atoms with Crippen molar-refractivity contribution in [2.24, 2.45) is 0 Å². The van der Waals surface area contributed by atoms with Crippen molar-refractivity contribution in [1.82, 2.24) is 10.1 Å². The first kappa shape index (κ1) is 30.3. The number of benzene rings is 2. The lowest BCUT2D eigenvalue weighted by Gasteiger charge is -2.26. The molecule has 2 aromatic heterocycles. The summed E-state index contributed by atoms with van der Waals surface area (Å²) in [6, 6.07) is 11.6. The fourth-order valence-electron chi connectivity index (χ4n) is 4.59. The molecule has 1 aliphatic carbocycles. The summed E-state index contributed by atoms with van der Waals surface area (Å²) in [5.41, 5.74) is 0.138. The van der Waals surface area contributed by atoms with Crippen LogP contribution in [0.4, 0.5) is 24.5 Å². The van der Waals surface area contributed by atoms with Gasteiger partial charge in [-0.2, -0.15) is 18.2 Å². The van der Waals surface area contributed by atoms with Gasteiger partial charge in [0.1, 0.15) is 6.54 Å². The number of carbonyl (C=O) groups is 1. The van der Waals surface area contributed by atoms with Crippen LogP contribution < -0.4 is 10.2 Å². The number of halogens is 5. The average Bonchev–Trinajstić information content (AvgIpc) is 3.29. The third-order valence-corrected chi connectivity index (χ3v) is 9.99. The maximum atomic E-state index is 13.4. The summed E-state index contributed by atoms with van der Waals surface area (Å²) in [6.45, 7) is -0.636. The number of nitrogens with one attached hydrogen (secondary N) is 1. The van der Waals surface area contributed by atoms with Gasteiger partial charge in [0.25, 0.3) is 5.89 Å². The van der Waals surface area contributed by atoms with Gasteiger partial charge in [-0.15, -0.1) is 11.3 Å². The SMILES string of the molecule is CCS(=O)(=O)c1ccc(N(CC(=O)Nc2cc(Cl)c(C3(c4noc(-c5cccs5)n4)CC3)c(Cl)c2)CC(F)(F)F)cc1. The maximum Gasteiger partial charge on any atom is 0.405 e. The van der Waals surface area contributed by atoms with Crippen LogP contribution in [0.2, 0.25) is 10.0 Å². The van der Waals surface area contributed by atoms with Crippen molar-refractivity contribution in [3.63, 3.8) is 0 Å². The Morgan fingerprint density at radius 3 is 2.36 bits per heavy atom. The molecule has 2 aromatic carbocycles. The Morgan fingerprint density at radius 1 is 1.14 bits per heavy atom. The van der Waals surface area contributed by atoms with Gasteiger partial charge in [0.05, 0.1) is 27.5 Å². The van der Waals surface area contributed by atoms with Crippen LogP contribution in [-0.2, 0) is 20.0 Å². The summed E-state index contributed by atoms with van der Waals surface area (Å²) < 4.78 is 69.7. The van der Waals surface area contributed by atoms with E-state index in [-0.39, 0.29) is 32.1 Å². The highest BCUT2D eigenvalue weighted by molar-refractivity contribution is 7.91. The fourth-order valence-corrected chi connectivity index (χ4v) is 6.97. The van der Waals surface area contributed by atoms with Gasteiger partial charge in [-0.1, -0.05) is 41.3 Å². The molecule has 0 atom stereocenters. The minimum atomic E-state index is -4.63. The summed E-state index contributed by atoms with van der Waals surface area (Å²) in [6.07, 6.45) is -3.28. The van der Waals surface area contributed by atoms with Gasteiger partial charge in [-0.3, -0.25) is 4.79 Å². The van der Waals surface area contributed by atoms with Gasteiger partial charge >= 0.3 is 6.18 Å². The molecule has 0 aliphatic heterocycles. The Balaban J connectivity index is 1.34. The van der Waals surface area contributed by atoms with Crippen molar-refractivity contribution in [2.75, 3.05) is 29.1 Å². The predicted molar refractivity (Wildman–Crippen MR) is 155 cm³/mol. The molecule has 1 saturated carbocycles. The van der Waals surface area contributed by atoms with Crippen LogP contribution in [0.5, 0.6) is 0 Å². The van der Waals surface area contributed by atoms with Gasteiger partial charge in [-0.05, 0) is 60.7 Å². The lowest BCUT2D eigenvalue weighted by Crippen LogP contribution is -2.39. The summed E-state index contributed by atoms with van der Waals surface area (Å²) in [5, 5.41) is 9.07. The number of alkyl halides is 3. The van der Waals surface area contributed by atoms with E-state index in [0.29, 0.717) is 30.1 Å². The van der Waals surface area contributed by atoms with Crippen LogP contribution in [-0.4, -0.2) is 49.5 Å². The molecule has 15 heteroatoms. The second-order valence-electron chi connectivity index (χ2n) is 9.71. The number of hydrogen-bond donors (Lipinski definition) is 1. The molecule has 0 spiro atoms. The van der Waals surface area contributed by atoms with E-state index < -0.39 is 40.4 Å². The molecule has 1 aliphatic rings. The molecule has 1 N–H and O–H groups in total. The first-order chi connectivity index (χ1) is 19.8. The number of rotatable bonds is 10. The van der Waals surface area contributed by atoms with Crippen molar-refractivity contribution >= 4 is 61.7 Å². The second-order valence-corrected chi connectivity index (χ2v) is 13.8. The topological polar surface area (TPSA) is 105 Å². The third kappa shape index (κ3) is 6.43. The standard InChI is InChI=1S/C27H23Cl2F3N4O4S2/c1-2-42(38,39)18-7-5-17(6-8-18)36(15-27(30,31)32)14-22(37)33-16-12-19(28)23(20(29)13-16)26(9-10-26)25-34-24(40-35-25)21-4-3-11-41-21/h3-8,11-13H,2,9-10,14-15H2,1H3,(H,33,37). The van der Waals surface area contributed by atoms with Gasteiger partial charge in [-0.25, -0.2) is 8.42 Å². The van der Waals surface area contributed by atoms with Crippen LogP contribution in [0.3, 0.4) is 0 Å². The van der Waals surface area contributed by atoms with Crippen molar-refractivity contribution < 1.29 is 30.9 Å². The molecule has 0 unspecified atom stereocenters. The minimum Gasteiger partial charge on any atom is -0.353 e. The number of carbonyl (C=O) groups excluding carboxylic acids is 1. The molecule has 222 valence electrons. The number of anilines is 2. The predicted octanol–water partition coefficient (Wildman–Crippen LogP) is 6.99. The number of thiophene rings is 1. The van der Waals surface area contributed by atoms with Crippen LogP contribution in [0, 0.1) is 0 Å². The number of nitrogens with zero attached hydrogens (tertiary/aromatic N) is 3. The Labute approximate surface area is 253 Å². The van der Waals surface area contributed by atoms with Crippen molar-refractivity contribution in [3.8, 4) is 10.8 Å². The van der Waals surface area contributed by atoms with Crippen molar-refractivity contribution in [2.45, 2.75) is 36.3 Å². The van der Waals surface area contributed by atoms with Gasteiger partial charge in [0.15, 0.2) is 15.7 Å². The molecule has 8 nitrogen and oxygen atoms in total. The summed E-state index contributed by atoms with van der Waals surface area (Å²) >= 11 is 14.7. The zero-order chi connectivity index (χ0) is 30.3. The third-order valence-electron chi connectivity index (χ3n) is 6.79. The highest BCUT2D eigenvalue weighted by Crippen LogP contribution is 2.57. The second kappa shape index (κ2) is 11.5. The quantitative estimate of drug-likeness (QED) is 0.196. The van der Waals surface area contributed by atoms with E-state index in [1.54, 1.807) is 0 Å². The van der Waals surface area contributed by atoms with E-state index in [2.05, 4.69) is 15.5 Å². The van der Waals surface area contributed by atoms with Crippen LogP contribution in [0.15, 0.2) is 63.3 Å². The lowest BCUT2D eigenvalue weighted by molar-refractivity contribution is -0.122. The Bertz CT molecular complexity index is 1680. The van der Waals surface area contributed by atoms with E-state index in [1.165, 1.54) is 54.7 Å². The van der Waals surface area contributed by atoms with E-state index >= 15 is 0 Å². The Morgan fingerprint density at radius 2 is 1.81 bits per heavy atom. The van der Waals surface area contributed by atoms with E-state index in [9.17, 15) is 26.4 Å². The van der Waals surface area contributed by atoms with Gasteiger partial charge in [0.2, 0.25) is 5.91 Å². The number of amides is 1.